The van der Waals surface area contributed by atoms with Crippen molar-refractivity contribution in [3.63, 3.8) is 0 Å². The summed E-state index contributed by atoms with van der Waals surface area (Å²) < 4.78 is 26.1. The highest BCUT2D eigenvalue weighted by Gasteiger charge is 2.06. The average Bonchev–Trinajstić information content (AvgIpc) is 2.18. The molecule has 0 fully saturated rings. The van der Waals surface area contributed by atoms with E-state index in [0.29, 0.717) is 16.7 Å². The third-order valence-electron chi connectivity index (χ3n) is 2.05. The van der Waals surface area contributed by atoms with E-state index in [1.165, 1.54) is 24.3 Å². The fourth-order valence-corrected chi connectivity index (χ4v) is 1.27. The van der Waals surface area contributed by atoms with E-state index in [-0.39, 0.29) is 5.82 Å². The van der Waals surface area contributed by atoms with Gasteiger partial charge in [0, 0.05) is 5.57 Å². The fraction of sp³-hybridized carbons (Fsp3) is 0.0769. The van der Waals surface area contributed by atoms with Crippen molar-refractivity contribution in [3.05, 3.63) is 66.3 Å². The van der Waals surface area contributed by atoms with Gasteiger partial charge in [-0.3, -0.25) is 0 Å². The summed E-state index contributed by atoms with van der Waals surface area (Å²) >= 11 is 0. The van der Waals surface area contributed by atoms with E-state index in [1.54, 1.807) is 13.0 Å². The molecule has 1 aromatic carbocycles. The summed E-state index contributed by atoms with van der Waals surface area (Å²) in [6.45, 7) is 8.35. The molecule has 15 heavy (non-hydrogen) atoms. The minimum atomic E-state index is -0.555. The average molecular weight is 206 g/mol. The number of halogens is 2. The Morgan fingerprint density at radius 3 is 2.53 bits per heavy atom. The van der Waals surface area contributed by atoms with Crippen molar-refractivity contribution < 1.29 is 8.78 Å². The van der Waals surface area contributed by atoms with Crippen LogP contribution in [0.2, 0.25) is 0 Å². The normalized spacial score (nSPS) is 11.3. The molecule has 0 amide bonds. The Kier molecular flexibility index (Phi) is 3.56. The second kappa shape index (κ2) is 4.69. The molecule has 0 nitrogen and oxygen atoms in total. The summed E-state index contributed by atoms with van der Waals surface area (Å²) in [7, 11) is 0. The van der Waals surface area contributed by atoms with Crippen LogP contribution in [0.5, 0.6) is 0 Å². The molecule has 0 heterocycles. The first-order chi connectivity index (χ1) is 7.06. The number of benzene rings is 1. The Balaban J connectivity index is 3.24. The molecule has 0 bridgehead atoms. The first-order valence-corrected chi connectivity index (χ1v) is 4.50. The van der Waals surface area contributed by atoms with Gasteiger partial charge in [0.2, 0.25) is 0 Å². The Morgan fingerprint density at radius 1 is 1.40 bits per heavy atom. The van der Waals surface area contributed by atoms with E-state index in [9.17, 15) is 8.78 Å². The molecule has 0 unspecified atom stereocenters. The first-order valence-electron chi connectivity index (χ1n) is 4.50. The molecule has 0 aliphatic rings. The van der Waals surface area contributed by atoms with E-state index in [4.69, 9.17) is 0 Å². The van der Waals surface area contributed by atoms with Crippen molar-refractivity contribution in [1.82, 2.24) is 0 Å². The molecule has 78 valence electrons. The Labute approximate surface area is 88.2 Å². The molecule has 0 aromatic heterocycles. The standard InChI is InChI=1S/C13H12F2/c1-4-5-12(10(3)14)11-6-7-13(15)9(2)8-11/h4-8H,1,3H2,2H3/b12-5+. The van der Waals surface area contributed by atoms with Gasteiger partial charge in [-0.1, -0.05) is 31.4 Å². The van der Waals surface area contributed by atoms with Crippen molar-refractivity contribution in [3.8, 4) is 0 Å². The smallest absolute Gasteiger partial charge is 0.126 e. The zero-order valence-corrected chi connectivity index (χ0v) is 8.56. The van der Waals surface area contributed by atoms with Crippen LogP contribution in [-0.4, -0.2) is 0 Å². The second-order valence-corrected chi connectivity index (χ2v) is 3.18. The number of hydrogen-bond donors (Lipinski definition) is 0. The lowest BCUT2D eigenvalue weighted by atomic mass is 10.0. The van der Waals surface area contributed by atoms with Crippen LogP contribution in [0, 0.1) is 12.7 Å². The molecule has 0 atom stereocenters. The molecule has 0 saturated carbocycles. The van der Waals surface area contributed by atoms with Crippen molar-refractivity contribution in [2.45, 2.75) is 6.92 Å². The van der Waals surface area contributed by atoms with Crippen LogP contribution >= 0.6 is 0 Å². The maximum Gasteiger partial charge on any atom is 0.126 e. The van der Waals surface area contributed by atoms with Gasteiger partial charge in [0.1, 0.15) is 11.6 Å². The summed E-state index contributed by atoms with van der Waals surface area (Å²) in [6, 6.07) is 4.41. The first kappa shape index (κ1) is 11.4. The minimum Gasteiger partial charge on any atom is -0.207 e. The zero-order valence-electron chi connectivity index (χ0n) is 8.56. The van der Waals surface area contributed by atoms with Crippen LogP contribution in [0.1, 0.15) is 11.1 Å². The molecular weight excluding hydrogens is 194 g/mol. The molecule has 1 aromatic rings. The van der Waals surface area contributed by atoms with Crippen LogP contribution in [0.25, 0.3) is 5.57 Å². The highest BCUT2D eigenvalue weighted by atomic mass is 19.1. The molecule has 1 rings (SSSR count). The van der Waals surface area contributed by atoms with Crippen molar-refractivity contribution in [2.75, 3.05) is 0 Å². The predicted octanol–water partition coefficient (Wildman–Crippen LogP) is 4.19. The second-order valence-electron chi connectivity index (χ2n) is 3.18. The van der Waals surface area contributed by atoms with Gasteiger partial charge in [-0.2, -0.15) is 0 Å². The van der Waals surface area contributed by atoms with Crippen LogP contribution in [0.15, 0.2) is 49.3 Å². The summed E-state index contributed by atoms with van der Waals surface area (Å²) in [5.74, 6) is -0.859. The largest absolute Gasteiger partial charge is 0.207 e. The van der Waals surface area contributed by atoms with Gasteiger partial charge in [-0.25, -0.2) is 8.78 Å². The monoisotopic (exact) mass is 206 g/mol. The van der Waals surface area contributed by atoms with Gasteiger partial charge < -0.3 is 0 Å². The molecule has 0 radical (unpaired) electrons. The molecule has 0 aliphatic carbocycles. The minimum absolute atomic E-state index is 0.304. The van der Waals surface area contributed by atoms with Crippen LogP contribution in [0.4, 0.5) is 8.78 Å². The molecule has 0 saturated heterocycles. The van der Waals surface area contributed by atoms with Gasteiger partial charge in [0.15, 0.2) is 0 Å². The summed E-state index contributed by atoms with van der Waals surface area (Å²) in [5, 5.41) is 0. The maximum atomic E-state index is 13.1. The lowest BCUT2D eigenvalue weighted by Crippen LogP contribution is -1.88. The van der Waals surface area contributed by atoms with Gasteiger partial charge >= 0.3 is 0 Å². The van der Waals surface area contributed by atoms with Crippen LogP contribution < -0.4 is 0 Å². The Hall–Kier alpha value is -1.70. The quantitative estimate of drug-likeness (QED) is 0.650. The third kappa shape index (κ3) is 2.62. The number of rotatable bonds is 3. The SMILES string of the molecule is C=C/C=C(\C(=C)F)c1ccc(F)c(C)c1. The molecule has 0 aliphatic heterocycles. The summed E-state index contributed by atoms with van der Waals surface area (Å²) in [4.78, 5) is 0. The van der Waals surface area contributed by atoms with E-state index in [1.807, 2.05) is 0 Å². The summed E-state index contributed by atoms with van der Waals surface area (Å²) in [6.07, 6.45) is 2.98. The van der Waals surface area contributed by atoms with Gasteiger partial charge in [0.05, 0.1) is 0 Å². The lowest BCUT2D eigenvalue weighted by Gasteiger charge is -2.05. The predicted molar refractivity (Wildman–Crippen MR) is 59.6 cm³/mol. The van der Waals surface area contributed by atoms with Crippen molar-refractivity contribution in [1.29, 1.82) is 0 Å². The third-order valence-corrected chi connectivity index (χ3v) is 2.05. The number of hydrogen-bond acceptors (Lipinski definition) is 0. The highest BCUT2D eigenvalue weighted by Crippen LogP contribution is 2.24. The molecule has 0 N–H and O–H groups in total. The lowest BCUT2D eigenvalue weighted by molar-refractivity contribution is 0.618. The van der Waals surface area contributed by atoms with Crippen molar-refractivity contribution in [2.24, 2.45) is 0 Å². The fourth-order valence-electron chi connectivity index (χ4n) is 1.27. The number of allylic oxidation sites excluding steroid dienone is 4. The van der Waals surface area contributed by atoms with E-state index in [2.05, 4.69) is 13.2 Å². The summed E-state index contributed by atoms with van der Waals surface area (Å²) in [5.41, 5.74) is 1.40. The van der Waals surface area contributed by atoms with Crippen LogP contribution in [-0.2, 0) is 0 Å². The topological polar surface area (TPSA) is 0 Å². The maximum absolute atomic E-state index is 13.1. The molecule has 2 heteroatoms. The number of aryl methyl sites for hydroxylation is 1. The van der Waals surface area contributed by atoms with Gasteiger partial charge in [-0.05, 0) is 30.2 Å². The van der Waals surface area contributed by atoms with E-state index in [0.717, 1.165) is 0 Å². The Bertz CT molecular complexity index is 428. The van der Waals surface area contributed by atoms with Crippen molar-refractivity contribution >= 4 is 5.57 Å². The van der Waals surface area contributed by atoms with Gasteiger partial charge in [0.25, 0.3) is 0 Å². The zero-order chi connectivity index (χ0) is 11.4. The van der Waals surface area contributed by atoms with E-state index < -0.39 is 5.83 Å². The van der Waals surface area contributed by atoms with Gasteiger partial charge in [-0.15, -0.1) is 0 Å². The molecule has 0 spiro atoms. The van der Waals surface area contributed by atoms with Crippen LogP contribution in [0.3, 0.4) is 0 Å². The highest BCUT2D eigenvalue weighted by molar-refractivity contribution is 5.77. The molecular formula is C13H12F2. The van der Waals surface area contributed by atoms with E-state index >= 15 is 0 Å². The Morgan fingerprint density at radius 2 is 2.07 bits per heavy atom.